The summed E-state index contributed by atoms with van der Waals surface area (Å²) in [5.74, 6) is -0.0693. The van der Waals surface area contributed by atoms with Gasteiger partial charge < -0.3 is 5.32 Å². The molecule has 1 fully saturated rings. The van der Waals surface area contributed by atoms with Crippen molar-refractivity contribution in [3.8, 4) is 0 Å². The average Bonchev–Trinajstić information content (AvgIpc) is 2.91. The van der Waals surface area contributed by atoms with E-state index in [9.17, 15) is 13.2 Å². The fourth-order valence-electron chi connectivity index (χ4n) is 2.27. The number of hydrogen-bond donors (Lipinski definition) is 1. The molecular formula is C14H21N3O3S. The lowest BCUT2D eigenvalue weighted by atomic mass is 10.3. The summed E-state index contributed by atoms with van der Waals surface area (Å²) in [6.07, 6.45) is 2.29. The molecule has 1 saturated heterocycles. The summed E-state index contributed by atoms with van der Waals surface area (Å²) in [6.45, 7) is 2.32. The van der Waals surface area contributed by atoms with Crippen molar-refractivity contribution in [1.29, 1.82) is 0 Å². The Balaban J connectivity index is 1.97. The monoisotopic (exact) mass is 311 g/mol. The van der Waals surface area contributed by atoms with Gasteiger partial charge in [0.25, 0.3) is 0 Å². The first-order valence-corrected chi connectivity index (χ1v) is 8.38. The molecule has 116 valence electrons. The number of rotatable bonds is 5. The van der Waals surface area contributed by atoms with Crippen LogP contribution in [-0.4, -0.2) is 57.3 Å². The number of carbonyl (C=O) groups excluding carboxylic acids is 1. The molecule has 1 heterocycles. The molecule has 0 spiro atoms. The average molecular weight is 311 g/mol. The molecule has 1 aliphatic heterocycles. The molecule has 0 aromatic heterocycles. The highest BCUT2D eigenvalue weighted by Crippen LogP contribution is 2.16. The Labute approximate surface area is 125 Å². The lowest BCUT2D eigenvalue weighted by Crippen LogP contribution is -2.30. The number of likely N-dealkylation sites (tertiary alicyclic amines) is 1. The number of carbonyl (C=O) groups is 1. The predicted octanol–water partition coefficient (Wildman–Crippen LogP) is 0.971. The first-order chi connectivity index (χ1) is 9.89. The third-order valence-corrected chi connectivity index (χ3v) is 5.31. The fourth-order valence-corrected chi connectivity index (χ4v) is 3.17. The molecule has 21 heavy (non-hydrogen) atoms. The zero-order chi connectivity index (χ0) is 15.5. The van der Waals surface area contributed by atoms with Gasteiger partial charge in [-0.2, -0.15) is 0 Å². The van der Waals surface area contributed by atoms with E-state index in [4.69, 9.17) is 0 Å². The first-order valence-electron chi connectivity index (χ1n) is 6.94. The Morgan fingerprint density at radius 2 is 1.76 bits per heavy atom. The van der Waals surface area contributed by atoms with E-state index in [1.165, 1.54) is 26.2 Å². The van der Waals surface area contributed by atoms with Gasteiger partial charge in [-0.05, 0) is 50.2 Å². The van der Waals surface area contributed by atoms with E-state index >= 15 is 0 Å². The fraction of sp³-hybridized carbons (Fsp3) is 0.500. The maximum Gasteiger partial charge on any atom is 0.242 e. The predicted molar refractivity (Wildman–Crippen MR) is 81.6 cm³/mol. The van der Waals surface area contributed by atoms with Gasteiger partial charge in [0, 0.05) is 19.8 Å². The molecule has 0 radical (unpaired) electrons. The standard InChI is InChI=1S/C14H21N3O3S/c1-16(2)21(19,20)13-7-5-12(6-8-13)15-14(18)11-17-9-3-4-10-17/h5-8H,3-4,9-11H2,1-2H3,(H,15,18). The molecule has 6 nitrogen and oxygen atoms in total. The Hall–Kier alpha value is -1.44. The van der Waals surface area contributed by atoms with Gasteiger partial charge in [-0.25, -0.2) is 12.7 Å². The van der Waals surface area contributed by atoms with Crippen LogP contribution in [0.25, 0.3) is 0 Å². The molecule has 0 aliphatic carbocycles. The van der Waals surface area contributed by atoms with Gasteiger partial charge in [0.15, 0.2) is 0 Å². The highest BCUT2D eigenvalue weighted by molar-refractivity contribution is 7.89. The Kier molecular flexibility index (Phi) is 4.97. The summed E-state index contributed by atoms with van der Waals surface area (Å²) in [5, 5.41) is 2.79. The van der Waals surface area contributed by atoms with Gasteiger partial charge in [0.2, 0.25) is 15.9 Å². The lowest BCUT2D eigenvalue weighted by Gasteiger charge is -2.15. The summed E-state index contributed by atoms with van der Waals surface area (Å²) in [6, 6.07) is 6.22. The maximum absolute atomic E-state index is 11.9. The minimum absolute atomic E-state index is 0.0693. The van der Waals surface area contributed by atoms with Crippen molar-refractivity contribution in [2.45, 2.75) is 17.7 Å². The number of sulfonamides is 1. The van der Waals surface area contributed by atoms with Crippen LogP contribution in [0.15, 0.2) is 29.2 Å². The topological polar surface area (TPSA) is 69.7 Å². The zero-order valence-electron chi connectivity index (χ0n) is 12.4. The Bertz CT molecular complexity index is 590. The molecule has 1 aromatic carbocycles. The molecule has 0 unspecified atom stereocenters. The molecule has 2 rings (SSSR count). The molecule has 1 N–H and O–H groups in total. The summed E-state index contributed by atoms with van der Waals surface area (Å²) < 4.78 is 25.0. The summed E-state index contributed by atoms with van der Waals surface area (Å²) in [4.78, 5) is 14.2. The second-order valence-electron chi connectivity index (χ2n) is 5.34. The largest absolute Gasteiger partial charge is 0.325 e. The van der Waals surface area contributed by atoms with E-state index in [0.29, 0.717) is 12.2 Å². The van der Waals surface area contributed by atoms with Gasteiger partial charge in [0.1, 0.15) is 0 Å². The Morgan fingerprint density at radius 1 is 1.19 bits per heavy atom. The van der Waals surface area contributed by atoms with E-state index in [0.717, 1.165) is 30.2 Å². The van der Waals surface area contributed by atoms with Crippen LogP contribution in [0.2, 0.25) is 0 Å². The minimum Gasteiger partial charge on any atom is -0.325 e. The summed E-state index contributed by atoms with van der Waals surface area (Å²) in [5.41, 5.74) is 0.608. The highest BCUT2D eigenvalue weighted by atomic mass is 32.2. The van der Waals surface area contributed by atoms with Gasteiger partial charge in [-0.3, -0.25) is 9.69 Å². The molecule has 1 aromatic rings. The van der Waals surface area contributed by atoms with Crippen molar-refractivity contribution in [3.63, 3.8) is 0 Å². The number of benzene rings is 1. The quantitative estimate of drug-likeness (QED) is 0.880. The maximum atomic E-state index is 11.9. The van der Waals surface area contributed by atoms with Crippen LogP contribution in [0.5, 0.6) is 0 Å². The molecular weight excluding hydrogens is 290 g/mol. The molecule has 0 atom stereocenters. The van der Waals surface area contributed by atoms with Crippen molar-refractivity contribution in [2.75, 3.05) is 39.0 Å². The molecule has 1 amide bonds. The van der Waals surface area contributed by atoms with E-state index in [1.54, 1.807) is 12.1 Å². The van der Waals surface area contributed by atoms with Gasteiger partial charge >= 0.3 is 0 Å². The number of nitrogens with zero attached hydrogens (tertiary/aromatic N) is 2. The van der Waals surface area contributed by atoms with Crippen molar-refractivity contribution in [1.82, 2.24) is 9.21 Å². The summed E-state index contributed by atoms with van der Waals surface area (Å²) in [7, 11) is -0.454. The van der Waals surface area contributed by atoms with E-state index in [1.807, 2.05) is 0 Å². The number of anilines is 1. The van der Waals surface area contributed by atoms with E-state index in [-0.39, 0.29) is 10.8 Å². The van der Waals surface area contributed by atoms with Crippen LogP contribution in [-0.2, 0) is 14.8 Å². The number of hydrogen-bond acceptors (Lipinski definition) is 4. The zero-order valence-corrected chi connectivity index (χ0v) is 13.2. The normalized spacial score (nSPS) is 16.3. The van der Waals surface area contributed by atoms with E-state index < -0.39 is 10.0 Å². The SMILES string of the molecule is CN(C)S(=O)(=O)c1ccc(NC(=O)CN2CCCC2)cc1. The van der Waals surface area contributed by atoms with Crippen molar-refractivity contribution >= 4 is 21.6 Å². The molecule has 1 aliphatic rings. The van der Waals surface area contributed by atoms with Crippen LogP contribution >= 0.6 is 0 Å². The lowest BCUT2D eigenvalue weighted by molar-refractivity contribution is -0.117. The summed E-state index contributed by atoms with van der Waals surface area (Å²) >= 11 is 0. The van der Waals surface area contributed by atoms with Crippen LogP contribution in [0.1, 0.15) is 12.8 Å². The van der Waals surface area contributed by atoms with Crippen molar-refractivity contribution in [2.24, 2.45) is 0 Å². The second-order valence-corrected chi connectivity index (χ2v) is 7.50. The van der Waals surface area contributed by atoms with Gasteiger partial charge in [-0.15, -0.1) is 0 Å². The third kappa shape index (κ3) is 4.03. The molecule has 0 saturated carbocycles. The number of amides is 1. The first kappa shape index (κ1) is 15.9. The minimum atomic E-state index is -3.43. The second kappa shape index (κ2) is 6.55. The highest BCUT2D eigenvalue weighted by Gasteiger charge is 2.17. The van der Waals surface area contributed by atoms with Crippen molar-refractivity contribution in [3.05, 3.63) is 24.3 Å². The molecule has 7 heteroatoms. The van der Waals surface area contributed by atoms with Gasteiger partial charge in [0.05, 0.1) is 11.4 Å². The van der Waals surface area contributed by atoms with Gasteiger partial charge in [-0.1, -0.05) is 0 Å². The number of nitrogens with one attached hydrogen (secondary N) is 1. The van der Waals surface area contributed by atoms with Crippen molar-refractivity contribution < 1.29 is 13.2 Å². The Morgan fingerprint density at radius 3 is 2.29 bits per heavy atom. The van der Waals surface area contributed by atoms with Crippen LogP contribution in [0.4, 0.5) is 5.69 Å². The van der Waals surface area contributed by atoms with Crippen LogP contribution < -0.4 is 5.32 Å². The van der Waals surface area contributed by atoms with E-state index in [2.05, 4.69) is 10.2 Å². The third-order valence-electron chi connectivity index (χ3n) is 3.48. The van der Waals surface area contributed by atoms with Crippen LogP contribution in [0.3, 0.4) is 0 Å². The molecule has 0 bridgehead atoms. The van der Waals surface area contributed by atoms with Crippen LogP contribution in [0, 0.1) is 0 Å². The smallest absolute Gasteiger partial charge is 0.242 e.